The molecule has 1 aromatic carbocycles. The van der Waals surface area contributed by atoms with E-state index in [0.29, 0.717) is 5.30 Å². The second-order valence-electron chi connectivity index (χ2n) is 3.97. The van der Waals surface area contributed by atoms with Crippen molar-refractivity contribution in [2.45, 2.75) is 12.2 Å². The van der Waals surface area contributed by atoms with E-state index in [0.717, 1.165) is 0 Å². The lowest BCUT2D eigenvalue weighted by atomic mass is 10.1. The molecule has 0 amide bonds. The van der Waals surface area contributed by atoms with Crippen molar-refractivity contribution in [3.63, 3.8) is 0 Å². The molecule has 1 rings (SSSR count). The third-order valence-corrected chi connectivity index (χ3v) is 3.73. The molecule has 0 aliphatic carbocycles. The Kier molecular flexibility index (Phi) is 3.50. The van der Waals surface area contributed by atoms with Gasteiger partial charge in [-0.1, -0.05) is 18.2 Å². The number of hydrogen-bond acceptors (Lipinski definition) is 2. The fraction of sp³-hybridized carbons (Fsp3) is 0.400. The lowest BCUT2D eigenvalue weighted by Gasteiger charge is -2.17. The van der Waals surface area contributed by atoms with Crippen LogP contribution in [0.2, 0.25) is 0 Å². The highest BCUT2D eigenvalue weighted by molar-refractivity contribution is 7.70. The van der Waals surface area contributed by atoms with Crippen LogP contribution in [-0.2, 0) is 4.57 Å². The molecule has 6 heteroatoms. The molecule has 0 heterocycles. The number of benzene rings is 1. The van der Waals surface area contributed by atoms with Crippen LogP contribution < -0.4 is 11.0 Å². The Hall–Kier alpha value is -0.800. The molecule has 0 saturated heterocycles. The van der Waals surface area contributed by atoms with E-state index in [-0.39, 0.29) is 5.56 Å². The molecule has 0 saturated carbocycles. The molecule has 1 atom stereocenters. The molecule has 2 N–H and O–H groups in total. The molecule has 0 aromatic heterocycles. The van der Waals surface area contributed by atoms with Crippen molar-refractivity contribution >= 4 is 12.4 Å². The number of alkyl halides is 3. The second-order valence-corrected chi connectivity index (χ2v) is 7.18. The Morgan fingerprint density at radius 1 is 1.31 bits per heavy atom. The minimum absolute atomic E-state index is 0.0612. The first-order valence-corrected chi connectivity index (χ1v) is 7.20. The van der Waals surface area contributed by atoms with Gasteiger partial charge >= 0.3 is 6.18 Å². The summed E-state index contributed by atoms with van der Waals surface area (Å²) in [7, 11) is -2.56. The molecular weight excluding hydrogens is 238 g/mol. The largest absolute Gasteiger partial charge is 0.407 e. The predicted molar refractivity (Wildman–Crippen MR) is 58.5 cm³/mol. The van der Waals surface area contributed by atoms with Gasteiger partial charge in [0.05, 0.1) is 0 Å². The summed E-state index contributed by atoms with van der Waals surface area (Å²) in [5, 5.41) is 0.407. The average molecular weight is 251 g/mol. The molecule has 90 valence electrons. The Balaban J connectivity index is 3.14. The van der Waals surface area contributed by atoms with Crippen molar-refractivity contribution in [1.82, 2.24) is 0 Å². The maximum atomic E-state index is 12.4. The van der Waals surface area contributed by atoms with E-state index in [1.54, 1.807) is 6.07 Å². The molecular formula is C10H13F3NOP. The van der Waals surface area contributed by atoms with Crippen LogP contribution in [0.5, 0.6) is 0 Å². The van der Waals surface area contributed by atoms with Crippen molar-refractivity contribution in [1.29, 1.82) is 0 Å². The summed E-state index contributed by atoms with van der Waals surface area (Å²) in [5.41, 5.74) is 5.01. The van der Waals surface area contributed by atoms with Gasteiger partial charge in [0, 0.05) is 5.30 Å². The third kappa shape index (κ3) is 3.09. The van der Waals surface area contributed by atoms with Gasteiger partial charge < -0.3 is 10.3 Å². The van der Waals surface area contributed by atoms with E-state index in [1.165, 1.54) is 31.5 Å². The lowest BCUT2D eigenvalue weighted by molar-refractivity contribution is -0.149. The molecule has 0 spiro atoms. The topological polar surface area (TPSA) is 43.1 Å². The molecule has 0 aliphatic rings. The first-order valence-electron chi connectivity index (χ1n) is 4.60. The van der Waals surface area contributed by atoms with Crippen molar-refractivity contribution in [2.24, 2.45) is 5.73 Å². The van der Waals surface area contributed by atoms with Crippen LogP contribution in [-0.4, -0.2) is 19.5 Å². The summed E-state index contributed by atoms with van der Waals surface area (Å²) in [6.45, 7) is 3.01. The first-order chi connectivity index (χ1) is 7.12. The molecule has 0 fully saturated rings. The SMILES string of the molecule is CP(C)(=O)c1cccc(C(N)C(F)(F)F)c1. The molecule has 0 radical (unpaired) electrons. The molecule has 0 bridgehead atoms. The van der Waals surface area contributed by atoms with E-state index in [2.05, 4.69) is 0 Å². The van der Waals surface area contributed by atoms with Crippen LogP contribution in [0.1, 0.15) is 11.6 Å². The number of rotatable bonds is 2. The van der Waals surface area contributed by atoms with Crippen molar-refractivity contribution in [3.05, 3.63) is 29.8 Å². The van der Waals surface area contributed by atoms with Gasteiger partial charge in [-0.25, -0.2) is 0 Å². The fourth-order valence-electron chi connectivity index (χ4n) is 1.24. The monoisotopic (exact) mass is 251 g/mol. The lowest BCUT2D eigenvalue weighted by Crippen LogP contribution is -2.29. The summed E-state index contributed by atoms with van der Waals surface area (Å²) >= 11 is 0. The number of halogens is 3. The summed E-state index contributed by atoms with van der Waals surface area (Å²) in [6, 6.07) is 3.51. The smallest absolute Gasteiger partial charge is 0.319 e. The van der Waals surface area contributed by atoms with Gasteiger partial charge in [0.1, 0.15) is 13.2 Å². The fourth-order valence-corrected chi connectivity index (χ4v) is 2.15. The van der Waals surface area contributed by atoms with Gasteiger partial charge in [-0.2, -0.15) is 13.2 Å². The molecule has 16 heavy (non-hydrogen) atoms. The number of nitrogens with two attached hydrogens (primary N) is 1. The zero-order chi connectivity index (χ0) is 12.6. The Labute approximate surface area is 92.0 Å². The number of hydrogen-bond donors (Lipinski definition) is 1. The van der Waals surface area contributed by atoms with Crippen molar-refractivity contribution in [3.8, 4) is 0 Å². The highest BCUT2D eigenvalue weighted by Gasteiger charge is 2.38. The third-order valence-electron chi connectivity index (χ3n) is 2.20. The summed E-state index contributed by atoms with van der Waals surface area (Å²) in [4.78, 5) is 0. The predicted octanol–water partition coefficient (Wildman–Crippen LogP) is 2.50. The summed E-state index contributed by atoms with van der Waals surface area (Å²) in [6.07, 6.45) is -4.48. The Bertz CT molecular complexity index is 424. The Morgan fingerprint density at radius 2 is 1.88 bits per heavy atom. The van der Waals surface area contributed by atoms with Crippen LogP contribution >= 0.6 is 7.14 Å². The van der Waals surface area contributed by atoms with Gasteiger partial charge in [0.2, 0.25) is 0 Å². The molecule has 1 unspecified atom stereocenters. The minimum Gasteiger partial charge on any atom is -0.319 e. The maximum Gasteiger partial charge on any atom is 0.407 e. The van der Waals surface area contributed by atoms with Crippen LogP contribution in [0.4, 0.5) is 13.2 Å². The van der Waals surface area contributed by atoms with E-state index < -0.39 is 19.4 Å². The summed E-state index contributed by atoms with van der Waals surface area (Å²) < 4.78 is 48.8. The van der Waals surface area contributed by atoms with Gasteiger partial charge in [0.15, 0.2) is 0 Å². The maximum absolute atomic E-state index is 12.4. The quantitative estimate of drug-likeness (QED) is 0.820. The summed E-state index contributed by atoms with van der Waals surface area (Å²) in [5.74, 6) is 0. The minimum atomic E-state index is -4.48. The van der Waals surface area contributed by atoms with Gasteiger partial charge in [-0.3, -0.25) is 0 Å². The van der Waals surface area contributed by atoms with Gasteiger partial charge in [-0.15, -0.1) is 0 Å². The van der Waals surface area contributed by atoms with Crippen LogP contribution in [0, 0.1) is 0 Å². The van der Waals surface area contributed by atoms with E-state index >= 15 is 0 Å². The van der Waals surface area contributed by atoms with Crippen molar-refractivity contribution < 1.29 is 17.7 Å². The zero-order valence-electron chi connectivity index (χ0n) is 8.95. The molecule has 2 nitrogen and oxygen atoms in total. The highest BCUT2D eigenvalue weighted by Crippen LogP contribution is 2.36. The van der Waals surface area contributed by atoms with Crippen LogP contribution in [0.15, 0.2) is 24.3 Å². The van der Waals surface area contributed by atoms with Crippen LogP contribution in [0.3, 0.4) is 0 Å². The zero-order valence-corrected chi connectivity index (χ0v) is 9.85. The first kappa shape index (κ1) is 13.3. The Morgan fingerprint density at radius 3 is 2.31 bits per heavy atom. The van der Waals surface area contributed by atoms with Crippen LogP contribution in [0.25, 0.3) is 0 Å². The van der Waals surface area contributed by atoms with E-state index in [9.17, 15) is 17.7 Å². The standard InChI is InChI=1S/C10H13F3NOP/c1-16(2,15)8-5-3-4-7(6-8)9(14)10(11,12)13/h3-6,9H,14H2,1-2H3. The highest BCUT2D eigenvalue weighted by atomic mass is 31.2. The van der Waals surface area contributed by atoms with Gasteiger partial charge in [0.25, 0.3) is 0 Å². The van der Waals surface area contributed by atoms with Crippen molar-refractivity contribution in [2.75, 3.05) is 13.3 Å². The second kappa shape index (κ2) is 4.22. The normalized spacial score (nSPS) is 14.9. The molecule has 1 aromatic rings. The van der Waals surface area contributed by atoms with E-state index in [4.69, 9.17) is 5.73 Å². The molecule has 0 aliphatic heterocycles. The average Bonchev–Trinajstić information content (AvgIpc) is 2.14. The van der Waals surface area contributed by atoms with Gasteiger partial charge in [-0.05, 0) is 25.0 Å². The van der Waals surface area contributed by atoms with E-state index in [1.807, 2.05) is 0 Å².